The summed E-state index contributed by atoms with van der Waals surface area (Å²) in [5, 5.41) is 30.8. The number of aromatic nitrogens is 2. The van der Waals surface area contributed by atoms with E-state index in [-0.39, 0.29) is 22.9 Å². The SMILES string of the molecule is OC[N@+]1(N2CC[C@@H](O)C2)C=Nc2c(O)ncnc21. The maximum atomic E-state index is 9.72. The van der Waals surface area contributed by atoms with E-state index in [1.54, 1.807) is 0 Å². The van der Waals surface area contributed by atoms with Crippen molar-refractivity contribution < 1.29 is 15.3 Å². The van der Waals surface area contributed by atoms with Crippen molar-refractivity contribution in [1.82, 2.24) is 19.6 Å². The van der Waals surface area contributed by atoms with Gasteiger partial charge in [0.1, 0.15) is 6.33 Å². The number of aliphatic hydroxyl groups excluding tert-OH is 2. The van der Waals surface area contributed by atoms with E-state index in [1.165, 1.54) is 12.7 Å². The Morgan fingerprint density at radius 1 is 1.44 bits per heavy atom. The maximum Gasteiger partial charge on any atom is 0.288 e. The smallest absolute Gasteiger partial charge is 0.288 e. The molecule has 0 aromatic carbocycles. The number of β-amino-alcohol motifs (C(OH)–C–C–N with tert-alkyl or cyclic N) is 1. The summed E-state index contributed by atoms with van der Waals surface area (Å²) in [5.41, 5.74) is 0.271. The van der Waals surface area contributed by atoms with Gasteiger partial charge in [-0.3, -0.25) is 0 Å². The number of quaternary nitrogens is 1. The zero-order chi connectivity index (χ0) is 12.8. The maximum absolute atomic E-state index is 9.72. The fourth-order valence-electron chi connectivity index (χ4n) is 2.42. The molecule has 1 saturated heterocycles. The Morgan fingerprint density at radius 3 is 2.94 bits per heavy atom. The van der Waals surface area contributed by atoms with Gasteiger partial charge in [-0.15, -0.1) is 9.60 Å². The number of aliphatic imine (C=N–C) groups is 1. The molecule has 2 atom stereocenters. The van der Waals surface area contributed by atoms with Crippen LogP contribution in [0, 0.1) is 0 Å². The zero-order valence-corrected chi connectivity index (χ0v) is 9.64. The van der Waals surface area contributed by atoms with Gasteiger partial charge in [0.15, 0.2) is 0 Å². The summed E-state index contributed by atoms with van der Waals surface area (Å²) < 4.78 is -0.0948. The van der Waals surface area contributed by atoms with Crippen molar-refractivity contribution in [2.45, 2.75) is 12.5 Å². The van der Waals surface area contributed by atoms with Crippen molar-refractivity contribution in [2.75, 3.05) is 19.8 Å². The molecule has 96 valence electrons. The molecule has 0 unspecified atom stereocenters. The van der Waals surface area contributed by atoms with Crippen molar-refractivity contribution in [1.29, 1.82) is 0 Å². The van der Waals surface area contributed by atoms with Gasteiger partial charge in [-0.25, -0.2) is 0 Å². The minimum absolute atomic E-state index is 0.0948. The lowest BCUT2D eigenvalue weighted by atomic mass is 10.3. The second-order valence-corrected chi connectivity index (χ2v) is 4.44. The third-order valence-corrected chi connectivity index (χ3v) is 3.39. The summed E-state index contributed by atoms with van der Waals surface area (Å²) in [6.45, 7) is 0.786. The van der Waals surface area contributed by atoms with Gasteiger partial charge in [0, 0.05) is 0 Å². The van der Waals surface area contributed by atoms with Gasteiger partial charge in [-0.2, -0.15) is 15.0 Å². The summed E-state index contributed by atoms with van der Waals surface area (Å²) in [6.07, 6.45) is 2.97. The lowest BCUT2D eigenvalue weighted by Crippen LogP contribution is -2.60. The standard InChI is InChI=1S/C10H13N5O3/c16-6-15(14-2-1-7(17)3-14)5-13-8-9(15)11-4-12-10(8)18/h4-5,7,16-17H,1-3,6H2/p+1/t7-,15-/m1/s1. The molecule has 0 aliphatic carbocycles. The minimum Gasteiger partial charge on any atom is -0.491 e. The molecular formula is C10H14N5O3+. The molecule has 8 nitrogen and oxygen atoms in total. The van der Waals surface area contributed by atoms with Gasteiger partial charge < -0.3 is 15.3 Å². The molecule has 8 heteroatoms. The first-order valence-corrected chi connectivity index (χ1v) is 5.69. The van der Waals surface area contributed by atoms with E-state index >= 15 is 0 Å². The number of nitrogens with zero attached hydrogens (tertiary/aromatic N) is 5. The van der Waals surface area contributed by atoms with Gasteiger partial charge in [-0.1, -0.05) is 0 Å². The Bertz CT molecular complexity index is 508. The number of aromatic hydroxyl groups is 1. The monoisotopic (exact) mass is 252 g/mol. The van der Waals surface area contributed by atoms with Crippen LogP contribution in [0.3, 0.4) is 0 Å². The van der Waals surface area contributed by atoms with Crippen LogP contribution in [-0.4, -0.2) is 62.6 Å². The molecule has 0 bridgehead atoms. The highest BCUT2D eigenvalue weighted by molar-refractivity contribution is 5.87. The molecule has 3 heterocycles. The van der Waals surface area contributed by atoms with Crippen molar-refractivity contribution in [3.8, 4) is 5.88 Å². The van der Waals surface area contributed by atoms with Crippen molar-refractivity contribution >= 4 is 17.8 Å². The topological polar surface area (TPSA) is 102 Å². The Kier molecular flexibility index (Phi) is 2.52. The quantitative estimate of drug-likeness (QED) is 0.589. The average Bonchev–Trinajstić information content (AvgIpc) is 2.95. The summed E-state index contributed by atoms with van der Waals surface area (Å²) in [5.74, 6) is 0.226. The van der Waals surface area contributed by atoms with Crippen LogP contribution in [-0.2, 0) is 0 Å². The predicted octanol–water partition coefficient (Wildman–Crippen LogP) is -0.906. The highest BCUT2D eigenvalue weighted by Crippen LogP contribution is 2.42. The van der Waals surface area contributed by atoms with E-state index in [0.29, 0.717) is 25.3 Å². The van der Waals surface area contributed by atoms with E-state index in [9.17, 15) is 15.3 Å². The van der Waals surface area contributed by atoms with Gasteiger partial charge in [0.05, 0.1) is 19.2 Å². The van der Waals surface area contributed by atoms with Crippen LogP contribution < -0.4 is 4.59 Å². The lowest BCUT2D eigenvalue weighted by molar-refractivity contribution is 0.0000894. The molecule has 2 aliphatic heterocycles. The Morgan fingerprint density at radius 2 is 2.28 bits per heavy atom. The molecule has 1 fully saturated rings. The van der Waals surface area contributed by atoms with Crippen molar-refractivity contribution in [3.05, 3.63) is 6.33 Å². The second-order valence-electron chi connectivity index (χ2n) is 4.44. The molecule has 0 amide bonds. The highest BCUT2D eigenvalue weighted by atomic mass is 16.3. The number of hydrogen-bond donors (Lipinski definition) is 3. The number of rotatable bonds is 2. The van der Waals surface area contributed by atoms with Gasteiger partial charge in [-0.05, 0) is 6.42 Å². The molecule has 1 aromatic rings. The number of fused-ring (bicyclic) bond motifs is 1. The molecule has 0 saturated carbocycles. The van der Waals surface area contributed by atoms with E-state index in [0.717, 1.165) is 0 Å². The molecule has 0 spiro atoms. The van der Waals surface area contributed by atoms with Crippen LogP contribution in [0.4, 0.5) is 11.5 Å². The van der Waals surface area contributed by atoms with Crippen LogP contribution in [0.2, 0.25) is 0 Å². The van der Waals surface area contributed by atoms with Gasteiger partial charge >= 0.3 is 0 Å². The van der Waals surface area contributed by atoms with Crippen molar-refractivity contribution in [2.24, 2.45) is 4.99 Å². The largest absolute Gasteiger partial charge is 0.491 e. The fourth-order valence-corrected chi connectivity index (χ4v) is 2.42. The van der Waals surface area contributed by atoms with Crippen LogP contribution in [0.5, 0.6) is 5.88 Å². The first-order chi connectivity index (χ1) is 8.67. The van der Waals surface area contributed by atoms with Gasteiger partial charge in [0.25, 0.3) is 5.82 Å². The molecule has 18 heavy (non-hydrogen) atoms. The Hall–Kier alpha value is -1.61. The van der Waals surface area contributed by atoms with Crippen LogP contribution >= 0.6 is 0 Å². The van der Waals surface area contributed by atoms with Crippen LogP contribution in [0.25, 0.3) is 0 Å². The predicted molar refractivity (Wildman–Crippen MR) is 62.9 cm³/mol. The average molecular weight is 252 g/mol. The van der Waals surface area contributed by atoms with E-state index in [2.05, 4.69) is 15.0 Å². The number of aliphatic hydroxyl groups is 2. The fraction of sp³-hybridized carbons (Fsp3) is 0.500. The van der Waals surface area contributed by atoms with Crippen LogP contribution in [0.15, 0.2) is 11.3 Å². The molecular weight excluding hydrogens is 238 g/mol. The van der Waals surface area contributed by atoms with E-state index < -0.39 is 6.10 Å². The molecule has 3 rings (SSSR count). The van der Waals surface area contributed by atoms with Gasteiger partial charge in [0.2, 0.25) is 24.6 Å². The first-order valence-electron chi connectivity index (χ1n) is 5.69. The second kappa shape index (κ2) is 3.95. The van der Waals surface area contributed by atoms with E-state index in [4.69, 9.17) is 0 Å². The Balaban J connectivity index is 2.06. The Labute approximate surface area is 103 Å². The third-order valence-electron chi connectivity index (χ3n) is 3.39. The molecule has 2 aliphatic rings. The number of hydrogen-bond acceptors (Lipinski definition) is 7. The lowest BCUT2D eigenvalue weighted by Gasteiger charge is -2.34. The zero-order valence-electron chi connectivity index (χ0n) is 9.64. The summed E-state index contributed by atoms with van der Waals surface area (Å²) >= 11 is 0. The molecule has 3 N–H and O–H groups in total. The minimum atomic E-state index is -0.417. The highest BCUT2D eigenvalue weighted by Gasteiger charge is 2.47. The van der Waals surface area contributed by atoms with Crippen LogP contribution in [0.1, 0.15) is 6.42 Å². The first kappa shape index (κ1) is 11.5. The van der Waals surface area contributed by atoms with E-state index in [1.807, 2.05) is 5.01 Å². The van der Waals surface area contributed by atoms with Crippen molar-refractivity contribution in [3.63, 3.8) is 0 Å². The molecule has 0 radical (unpaired) electrons. The molecule has 1 aromatic heterocycles. The third kappa shape index (κ3) is 1.44. The summed E-state index contributed by atoms with van der Waals surface area (Å²) in [6, 6.07) is 0. The summed E-state index contributed by atoms with van der Waals surface area (Å²) in [4.78, 5) is 11.9. The normalized spacial score (nSPS) is 30.9. The summed E-state index contributed by atoms with van der Waals surface area (Å²) in [7, 11) is 0.